The number of fused-ring (bicyclic) bond motifs is 1. The van der Waals surface area contributed by atoms with Crippen molar-refractivity contribution in [1.29, 1.82) is 0 Å². The molecule has 0 radical (unpaired) electrons. The third-order valence-electron chi connectivity index (χ3n) is 5.78. The lowest BCUT2D eigenvalue weighted by atomic mass is 10.1. The molecule has 1 atom stereocenters. The first-order valence-corrected chi connectivity index (χ1v) is 11.6. The zero-order valence-corrected chi connectivity index (χ0v) is 18.5. The average Bonchev–Trinajstić information content (AvgIpc) is 3.21. The fourth-order valence-electron chi connectivity index (χ4n) is 3.95. The van der Waals surface area contributed by atoms with Gasteiger partial charge in [-0.15, -0.1) is 0 Å². The predicted molar refractivity (Wildman–Crippen MR) is 117 cm³/mol. The maximum atomic E-state index is 13.5. The van der Waals surface area contributed by atoms with Gasteiger partial charge in [0.2, 0.25) is 15.9 Å². The molecular weight excluding hydrogens is 418 g/mol. The minimum absolute atomic E-state index is 0.0771. The summed E-state index contributed by atoms with van der Waals surface area (Å²) in [5.74, 6) is -0.326. The van der Waals surface area contributed by atoms with Crippen LogP contribution in [0.15, 0.2) is 35.2 Å². The Morgan fingerprint density at radius 2 is 1.90 bits per heavy atom. The first kappa shape index (κ1) is 21.3. The maximum Gasteiger partial charge on any atom is 0.262 e. The average molecular weight is 444 g/mol. The minimum atomic E-state index is -3.94. The summed E-state index contributed by atoms with van der Waals surface area (Å²) in [6.45, 7) is 5.71. The molecule has 31 heavy (non-hydrogen) atoms. The quantitative estimate of drug-likeness (QED) is 0.756. The Hall–Kier alpha value is -2.91. The van der Waals surface area contributed by atoms with Crippen LogP contribution in [0.3, 0.4) is 0 Å². The van der Waals surface area contributed by atoms with E-state index in [1.165, 1.54) is 10.4 Å². The summed E-state index contributed by atoms with van der Waals surface area (Å²) >= 11 is 0. The Morgan fingerprint density at radius 3 is 2.65 bits per heavy atom. The molecule has 2 N–H and O–H groups in total. The largest absolute Gasteiger partial charge is 0.482 e. The summed E-state index contributed by atoms with van der Waals surface area (Å²) in [5.41, 5.74) is 3.73. The van der Waals surface area contributed by atoms with E-state index < -0.39 is 16.1 Å². The van der Waals surface area contributed by atoms with Gasteiger partial charge in [0.15, 0.2) is 6.61 Å². The molecule has 0 aromatic heterocycles. The maximum absolute atomic E-state index is 13.5. The van der Waals surface area contributed by atoms with Crippen LogP contribution in [0.1, 0.15) is 29.5 Å². The molecule has 0 spiro atoms. The Bertz CT molecular complexity index is 1180. The normalized spacial score (nSPS) is 18.8. The highest BCUT2D eigenvalue weighted by atomic mass is 32.2. The summed E-state index contributed by atoms with van der Waals surface area (Å²) in [7, 11) is -3.94. The molecule has 0 bridgehead atoms. The van der Waals surface area contributed by atoms with Crippen molar-refractivity contribution in [3.05, 3.63) is 47.0 Å². The van der Waals surface area contributed by atoms with Gasteiger partial charge < -0.3 is 15.4 Å². The van der Waals surface area contributed by atoms with Gasteiger partial charge in [0.05, 0.1) is 10.6 Å². The highest BCUT2D eigenvalue weighted by Crippen LogP contribution is 2.36. The van der Waals surface area contributed by atoms with Crippen molar-refractivity contribution in [3.63, 3.8) is 0 Å². The van der Waals surface area contributed by atoms with Gasteiger partial charge in [-0.1, -0.05) is 6.07 Å². The van der Waals surface area contributed by atoms with E-state index in [-0.39, 0.29) is 29.9 Å². The second kappa shape index (κ2) is 7.97. The Labute approximate surface area is 181 Å². The highest BCUT2D eigenvalue weighted by Gasteiger charge is 2.40. The van der Waals surface area contributed by atoms with Gasteiger partial charge in [-0.25, -0.2) is 8.42 Å². The van der Waals surface area contributed by atoms with Crippen LogP contribution in [0.25, 0.3) is 0 Å². The highest BCUT2D eigenvalue weighted by molar-refractivity contribution is 7.89. The molecule has 8 nitrogen and oxygen atoms in total. The Morgan fingerprint density at radius 1 is 1.13 bits per heavy atom. The Balaban J connectivity index is 1.61. The number of aryl methyl sites for hydroxylation is 3. The molecular formula is C22H25N3O5S. The summed E-state index contributed by atoms with van der Waals surface area (Å²) in [4.78, 5) is 24.6. The molecule has 0 aliphatic carbocycles. The summed E-state index contributed by atoms with van der Waals surface area (Å²) in [6, 6.07) is 7.83. The number of sulfonamides is 1. The third-order valence-corrected chi connectivity index (χ3v) is 7.83. The van der Waals surface area contributed by atoms with E-state index >= 15 is 0 Å². The van der Waals surface area contributed by atoms with Gasteiger partial charge in [0.1, 0.15) is 11.8 Å². The number of amides is 2. The number of nitrogens with zero attached hydrogens (tertiary/aromatic N) is 1. The number of ether oxygens (including phenoxy) is 1. The second-order valence-electron chi connectivity index (χ2n) is 8.01. The van der Waals surface area contributed by atoms with Crippen molar-refractivity contribution >= 4 is 33.2 Å². The molecule has 2 aromatic rings. The van der Waals surface area contributed by atoms with E-state index in [1.807, 2.05) is 32.0 Å². The number of carbonyl (C=O) groups excluding carboxylic acids is 2. The SMILES string of the molecule is Cc1ccc(NC(=O)[C@H]2CCCN2S(=O)(=O)c2cc3c(cc2C)NC(=O)CO3)cc1C. The second-order valence-corrected chi connectivity index (χ2v) is 9.87. The molecule has 2 heterocycles. The lowest BCUT2D eigenvalue weighted by Crippen LogP contribution is -2.43. The van der Waals surface area contributed by atoms with E-state index in [0.717, 1.165) is 11.1 Å². The van der Waals surface area contributed by atoms with Crippen LogP contribution in [0.4, 0.5) is 11.4 Å². The molecule has 1 saturated heterocycles. The van der Waals surface area contributed by atoms with Crippen molar-refractivity contribution < 1.29 is 22.7 Å². The van der Waals surface area contributed by atoms with Gasteiger partial charge in [0.25, 0.3) is 5.91 Å². The van der Waals surface area contributed by atoms with E-state index in [2.05, 4.69) is 10.6 Å². The zero-order valence-electron chi connectivity index (χ0n) is 17.7. The fraction of sp³-hybridized carbons (Fsp3) is 0.364. The zero-order chi connectivity index (χ0) is 22.3. The molecule has 1 fully saturated rings. The summed E-state index contributed by atoms with van der Waals surface area (Å²) in [5, 5.41) is 5.53. The van der Waals surface area contributed by atoms with Crippen LogP contribution in [0.5, 0.6) is 5.75 Å². The molecule has 2 aliphatic rings. The van der Waals surface area contributed by atoms with Crippen LogP contribution >= 0.6 is 0 Å². The van der Waals surface area contributed by atoms with Gasteiger partial charge in [-0.05, 0) is 68.5 Å². The first-order valence-electron chi connectivity index (χ1n) is 10.1. The van der Waals surface area contributed by atoms with Crippen molar-refractivity contribution in [2.24, 2.45) is 0 Å². The molecule has 2 aliphatic heterocycles. The minimum Gasteiger partial charge on any atom is -0.482 e. The van der Waals surface area contributed by atoms with Crippen LogP contribution in [-0.4, -0.2) is 43.7 Å². The van der Waals surface area contributed by atoms with Crippen LogP contribution in [0, 0.1) is 20.8 Å². The van der Waals surface area contributed by atoms with Crippen molar-refractivity contribution in [3.8, 4) is 5.75 Å². The van der Waals surface area contributed by atoms with Crippen molar-refractivity contribution in [2.45, 2.75) is 44.6 Å². The van der Waals surface area contributed by atoms with E-state index in [4.69, 9.17) is 4.74 Å². The topological polar surface area (TPSA) is 105 Å². The van der Waals surface area contributed by atoms with Crippen molar-refractivity contribution in [2.75, 3.05) is 23.8 Å². The standard InChI is InChI=1S/C22H25N3O5S/c1-13-6-7-16(9-14(13)2)23-22(27)18-5-4-8-25(18)31(28,29)20-11-19-17(10-15(20)3)24-21(26)12-30-19/h6-7,9-11,18H,4-5,8,12H2,1-3H3,(H,23,27)(H,24,26)/t18-/m1/s1. The molecule has 9 heteroatoms. The van der Waals surface area contributed by atoms with E-state index in [1.54, 1.807) is 13.0 Å². The Kier molecular flexibility index (Phi) is 5.49. The molecule has 0 unspecified atom stereocenters. The number of hydrogen-bond donors (Lipinski definition) is 2. The van der Waals surface area contributed by atoms with Gasteiger partial charge in [-0.3, -0.25) is 9.59 Å². The number of rotatable bonds is 4. The smallest absolute Gasteiger partial charge is 0.262 e. The summed E-state index contributed by atoms with van der Waals surface area (Å²) in [6.07, 6.45) is 1.05. The predicted octanol–water partition coefficient (Wildman–Crippen LogP) is 2.73. The molecule has 2 aromatic carbocycles. The van der Waals surface area contributed by atoms with Gasteiger partial charge >= 0.3 is 0 Å². The van der Waals surface area contributed by atoms with E-state index in [9.17, 15) is 18.0 Å². The monoisotopic (exact) mass is 443 g/mol. The van der Waals surface area contributed by atoms with Crippen LogP contribution < -0.4 is 15.4 Å². The number of anilines is 2. The van der Waals surface area contributed by atoms with E-state index in [0.29, 0.717) is 35.5 Å². The molecule has 4 rings (SSSR count). The number of carbonyl (C=O) groups is 2. The lowest BCUT2D eigenvalue weighted by Gasteiger charge is -2.26. The van der Waals surface area contributed by atoms with Gasteiger partial charge in [-0.2, -0.15) is 4.31 Å². The number of benzene rings is 2. The molecule has 2 amide bonds. The van der Waals surface area contributed by atoms with Crippen molar-refractivity contribution in [1.82, 2.24) is 4.31 Å². The number of nitrogens with one attached hydrogen (secondary N) is 2. The lowest BCUT2D eigenvalue weighted by molar-refractivity contribution is -0.119. The van der Waals surface area contributed by atoms with Gasteiger partial charge in [0, 0.05) is 18.3 Å². The third kappa shape index (κ3) is 4.03. The summed E-state index contributed by atoms with van der Waals surface area (Å²) < 4.78 is 33.6. The molecule has 0 saturated carbocycles. The molecule has 164 valence electrons. The fourth-order valence-corrected chi connectivity index (χ4v) is 5.83. The number of hydrogen-bond acceptors (Lipinski definition) is 5. The van der Waals surface area contributed by atoms with Crippen LogP contribution in [-0.2, 0) is 19.6 Å². The van der Waals surface area contributed by atoms with Crippen LogP contribution in [0.2, 0.25) is 0 Å². The first-order chi connectivity index (χ1) is 14.7.